The van der Waals surface area contributed by atoms with E-state index >= 15 is 0 Å². The number of alkyl halides is 4. The van der Waals surface area contributed by atoms with Gasteiger partial charge in [0.2, 0.25) is 0 Å². The minimum atomic E-state index is -4.55. The van der Waals surface area contributed by atoms with Crippen LogP contribution in [-0.2, 0) is 0 Å². The molecule has 0 spiro atoms. The molecule has 0 aromatic heterocycles. The molecule has 0 amide bonds. The van der Waals surface area contributed by atoms with E-state index in [0.29, 0.717) is 5.75 Å². The van der Waals surface area contributed by atoms with Crippen LogP contribution in [0.2, 0.25) is 0 Å². The van der Waals surface area contributed by atoms with E-state index in [1.54, 1.807) is 0 Å². The van der Waals surface area contributed by atoms with E-state index in [4.69, 9.17) is 9.47 Å². The van der Waals surface area contributed by atoms with Gasteiger partial charge < -0.3 is 14.6 Å². The Morgan fingerprint density at radius 1 is 1.17 bits per heavy atom. The summed E-state index contributed by atoms with van der Waals surface area (Å²) in [5, 5.41) is 9.34. The molecule has 102 valence electrons. The van der Waals surface area contributed by atoms with Gasteiger partial charge in [-0.3, -0.25) is 0 Å². The van der Waals surface area contributed by atoms with Crippen LogP contribution in [0.4, 0.5) is 17.6 Å². The Kier molecular flexibility index (Phi) is 4.39. The van der Waals surface area contributed by atoms with E-state index in [1.807, 2.05) is 0 Å². The Bertz CT molecular complexity index is 409. The number of hydrogen-bond acceptors (Lipinski definition) is 3. The Labute approximate surface area is 101 Å². The van der Waals surface area contributed by atoms with Gasteiger partial charge >= 0.3 is 12.3 Å². The first-order chi connectivity index (χ1) is 8.34. The molecular weight excluding hydrogens is 256 g/mol. The number of aliphatic hydroxyl groups is 1. The maximum atomic E-state index is 13.0. The standard InChI is InChI=1S/C11H12F4O3/c1-17-6-3-4-7(8(5-6)18-2)9(16)11(14,15)10(12)13/h3-5,9-10,16H,1-2H3. The lowest BCUT2D eigenvalue weighted by Crippen LogP contribution is -2.34. The topological polar surface area (TPSA) is 38.7 Å². The molecule has 0 saturated carbocycles. The molecule has 0 aliphatic rings. The lowest BCUT2D eigenvalue weighted by atomic mass is 10.0. The second-order valence-electron chi connectivity index (χ2n) is 3.49. The highest BCUT2D eigenvalue weighted by Crippen LogP contribution is 2.40. The summed E-state index contributed by atoms with van der Waals surface area (Å²) in [6, 6.07) is 3.54. The van der Waals surface area contributed by atoms with Gasteiger partial charge in [0.1, 0.15) is 11.5 Å². The summed E-state index contributed by atoms with van der Waals surface area (Å²) >= 11 is 0. The highest BCUT2D eigenvalue weighted by molar-refractivity contribution is 5.42. The molecule has 1 unspecified atom stereocenters. The van der Waals surface area contributed by atoms with Crippen molar-refractivity contribution < 1.29 is 32.1 Å². The van der Waals surface area contributed by atoms with Gasteiger partial charge in [-0.15, -0.1) is 0 Å². The molecule has 1 N–H and O–H groups in total. The minimum Gasteiger partial charge on any atom is -0.497 e. The number of methoxy groups -OCH3 is 2. The molecule has 1 aromatic carbocycles. The van der Waals surface area contributed by atoms with Crippen molar-refractivity contribution in [3.05, 3.63) is 23.8 Å². The molecule has 0 aliphatic heterocycles. The first-order valence-electron chi connectivity index (χ1n) is 4.90. The third kappa shape index (κ3) is 2.66. The molecule has 0 heterocycles. The summed E-state index contributed by atoms with van der Waals surface area (Å²) in [5.41, 5.74) is -0.427. The Hall–Kier alpha value is -1.50. The molecule has 18 heavy (non-hydrogen) atoms. The highest BCUT2D eigenvalue weighted by atomic mass is 19.3. The van der Waals surface area contributed by atoms with Crippen molar-refractivity contribution >= 4 is 0 Å². The number of ether oxygens (including phenoxy) is 2. The normalized spacial score (nSPS) is 13.6. The van der Waals surface area contributed by atoms with Crippen LogP contribution >= 0.6 is 0 Å². The fourth-order valence-corrected chi connectivity index (χ4v) is 1.37. The first kappa shape index (κ1) is 14.6. The summed E-state index contributed by atoms with van der Waals surface area (Å²) in [5.74, 6) is -4.41. The second-order valence-corrected chi connectivity index (χ2v) is 3.49. The van der Waals surface area contributed by atoms with Gasteiger partial charge in [0.15, 0.2) is 6.10 Å². The predicted octanol–water partition coefficient (Wildman–Crippen LogP) is 2.64. The van der Waals surface area contributed by atoms with Crippen molar-refractivity contribution in [1.82, 2.24) is 0 Å². The van der Waals surface area contributed by atoms with Crippen molar-refractivity contribution in [2.24, 2.45) is 0 Å². The average Bonchev–Trinajstić information content (AvgIpc) is 2.36. The highest BCUT2D eigenvalue weighted by Gasteiger charge is 2.49. The second kappa shape index (κ2) is 5.43. The van der Waals surface area contributed by atoms with Crippen LogP contribution < -0.4 is 9.47 Å². The summed E-state index contributed by atoms with van der Waals surface area (Å²) in [6.07, 6.45) is -6.63. The van der Waals surface area contributed by atoms with Gasteiger partial charge in [0.05, 0.1) is 14.2 Å². The zero-order valence-corrected chi connectivity index (χ0v) is 9.66. The molecule has 1 aromatic rings. The van der Waals surface area contributed by atoms with Gasteiger partial charge in [0, 0.05) is 11.6 Å². The predicted molar refractivity (Wildman–Crippen MR) is 55.5 cm³/mol. The molecule has 0 radical (unpaired) electrons. The van der Waals surface area contributed by atoms with E-state index in [1.165, 1.54) is 26.4 Å². The summed E-state index contributed by atoms with van der Waals surface area (Å²) in [4.78, 5) is 0. The van der Waals surface area contributed by atoms with E-state index in [0.717, 1.165) is 6.07 Å². The monoisotopic (exact) mass is 268 g/mol. The van der Waals surface area contributed by atoms with Gasteiger partial charge in [-0.05, 0) is 12.1 Å². The SMILES string of the molecule is COc1ccc(C(O)C(F)(F)C(F)F)c(OC)c1. The van der Waals surface area contributed by atoms with Crippen LogP contribution in [0.3, 0.4) is 0 Å². The van der Waals surface area contributed by atoms with Crippen LogP contribution in [-0.4, -0.2) is 31.7 Å². The van der Waals surface area contributed by atoms with Crippen LogP contribution in [0.15, 0.2) is 18.2 Å². The van der Waals surface area contributed by atoms with Crippen molar-refractivity contribution in [2.75, 3.05) is 14.2 Å². The molecule has 1 atom stereocenters. The maximum absolute atomic E-state index is 13.0. The smallest absolute Gasteiger partial charge is 0.336 e. The number of halogens is 4. The minimum absolute atomic E-state index is 0.151. The average molecular weight is 268 g/mol. The fourth-order valence-electron chi connectivity index (χ4n) is 1.37. The van der Waals surface area contributed by atoms with E-state index in [-0.39, 0.29) is 5.75 Å². The van der Waals surface area contributed by atoms with E-state index in [2.05, 4.69) is 0 Å². The van der Waals surface area contributed by atoms with E-state index < -0.39 is 24.0 Å². The molecule has 0 fully saturated rings. The Morgan fingerprint density at radius 3 is 2.22 bits per heavy atom. The fraction of sp³-hybridized carbons (Fsp3) is 0.455. The molecule has 0 bridgehead atoms. The molecule has 7 heteroatoms. The summed E-state index contributed by atoms with van der Waals surface area (Å²) < 4.78 is 60.0. The molecule has 3 nitrogen and oxygen atoms in total. The van der Waals surface area contributed by atoms with Gasteiger partial charge in [-0.1, -0.05) is 0 Å². The van der Waals surface area contributed by atoms with Crippen molar-refractivity contribution in [3.8, 4) is 11.5 Å². The number of benzene rings is 1. The zero-order chi connectivity index (χ0) is 13.9. The maximum Gasteiger partial charge on any atom is 0.336 e. The zero-order valence-electron chi connectivity index (χ0n) is 9.66. The van der Waals surface area contributed by atoms with Crippen LogP contribution in [0.5, 0.6) is 11.5 Å². The largest absolute Gasteiger partial charge is 0.497 e. The third-order valence-corrected chi connectivity index (χ3v) is 2.39. The summed E-state index contributed by atoms with van der Waals surface area (Å²) in [7, 11) is 2.52. The number of aliphatic hydroxyl groups excluding tert-OH is 1. The van der Waals surface area contributed by atoms with Crippen molar-refractivity contribution in [1.29, 1.82) is 0 Å². The Morgan fingerprint density at radius 2 is 1.78 bits per heavy atom. The quantitative estimate of drug-likeness (QED) is 0.834. The first-order valence-corrected chi connectivity index (χ1v) is 4.90. The number of rotatable bonds is 5. The van der Waals surface area contributed by atoms with Crippen LogP contribution in [0, 0.1) is 0 Å². The van der Waals surface area contributed by atoms with Gasteiger partial charge in [-0.2, -0.15) is 8.78 Å². The van der Waals surface area contributed by atoms with Crippen LogP contribution in [0.25, 0.3) is 0 Å². The summed E-state index contributed by atoms with van der Waals surface area (Å²) in [6.45, 7) is 0. The number of hydrogen-bond donors (Lipinski definition) is 1. The lowest BCUT2D eigenvalue weighted by molar-refractivity contribution is -0.194. The Balaban J connectivity index is 3.16. The van der Waals surface area contributed by atoms with Gasteiger partial charge in [0.25, 0.3) is 0 Å². The molecule has 0 saturated heterocycles. The van der Waals surface area contributed by atoms with Crippen LogP contribution in [0.1, 0.15) is 11.7 Å². The molecular formula is C11H12F4O3. The lowest BCUT2D eigenvalue weighted by Gasteiger charge is -2.23. The van der Waals surface area contributed by atoms with Crippen molar-refractivity contribution in [2.45, 2.75) is 18.5 Å². The van der Waals surface area contributed by atoms with Crippen molar-refractivity contribution in [3.63, 3.8) is 0 Å². The third-order valence-electron chi connectivity index (χ3n) is 2.39. The van der Waals surface area contributed by atoms with Gasteiger partial charge in [-0.25, -0.2) is 8.78 Å². The molecule has 1 rings (SSSR count). The van der Waals surface area contributed by atoms with E-state index in [9.17, 15) is 22.7 Å². The molecule has 0 aliphatic carbocycles.